The van der Waals surface area contributed by atoms with Crippen LogP contribution in [0, 0.1) is 0 Å². The van der Waals surface area contributed by atoms with Gasteiger partial charge in [0, 0.05) is 17.6 Å². The van der Waals surface area contributed by atoms with E-state index in [1.807, 2.05) is 0 Å². The van der Waals surface area contributed by atoms with Crippen LogP contribution in [0.15, 0.2) is 24.4 Å². The summed E-state index contributed by atoms with van der Waals surface area (Å²) in [5.41, 5.74) is 0.795. The van der Waals surface area contributed by atoms with E-state index in [0.717, 1.165) is 6.20 Å². The highest BCUT2D eigenvalue weighted by atomic mass is 35.5. The second-order valence-corrected chi connectivity index (χ2v) is 10.3. The van der Waals surface area contributed by atoms with Gasteiger partial charge in [0.05, 0.1) is 21.8 Å². The molecule has 0 atom stereocenters. The Morgan fingerprint density at radius 2 is 1.85 bits per heavy atom. The Labute approximate surface area is 161 Å². The first-order valence-corrected chi connectivity index (χ1v) is 10.1. The number of alkyl halides is 2. The Hall–Kier alpha value is -1.31. The largest absolute Gasteiger partial charge is 0.267 e. The molecule has 0 spiro atoms. The number of hydrogen-bond donors (Lipinski definition) is 0. The molecule has 0 unspecified atom stereocenters. The normalized spacial score (nSPS) is 12.6. The van der Waals surface area contributed by atoms with Gasteiger partial charge in [0.25, 0.3) is 6.43 Å². The lowest BCUT2D eigenvalue weighted by Crippen LogP contribution is -2.29. The molecule has 26 heavy (non-hydrogen) atoms. The fraction of sp³-hybridized carbons (Fsp3) is 0.412. The molecule has 0 amide bonds. The van der Waals surface area contributed by atoms with Crippen LogP contribution in [-0.2, 0) is 22.0 Å². The SMILES string of the molecule is CC(C)(C)S(=O)(=O)Cc1cc(Cc2nc(Cl)ncc2C(F)F)ccc1Cl. The van der Waals surface area contributed by atoms with Crippen LogP contribution >= 0.6 is 23.2 Å². The predicted octanol–water partition coefficient (Wildman–Crippen LogP) is 5.03. The lowest BCUT2D eigenvalue weighted by Gasteiger charge is -2.20. The molecule has 1 heterocycles. The van der Waals surface area contributed by atoms with Crippen LogP contribution < -0.4 is 0 Å². The molecule has 0 radical (unpaired) electrons. The number of aromatic nitrogens is 2. The van der Waals surface area contributed by atoms with E-state index in [2.05, 4.69) is 9.97 Å². The number of halogens is 4. The summed E-state index contributed by atoms with van der Waals surface area (Å²) in [6, 6.07) is 4.78. The van der Waals surface area contributed by atoms with Crippen LogP contribution in [0.25, 0.3) is 0 Å². The summed E-state index contributed by atoms with van der Waals surface area (Å²) in [6.07, 6.45) is -1.69. The maximum Gasteiger partial charge on any atom is 0.267 e. The molecule has 0 fully saturated rings. The summed E-state index contributed by atoms with van der Waals surface area (Å²) in [7, 11) is -3.44. The van der Waals surface area contributed by atoms with Crippen molar-refractivity contribution in [2.45, 2.75) is 44.1 Å². The van der Waals surface area contributed by atoms with Crippen molar-refractivity contribution < 1.29 is 17.2 Å². The van der Waals surface area contributed by atoms with Crippen molar-refractivity contribution in [1.82, 2.24) is 9.97 Å². The van der Waals surface area contributed by atoms with E-state index in [1.165, 1.54) is 0 Å². The van der Waals surface area contributed by atoms with Crippen LogP contribution in [0.3, 0.4) is 0 Å². The van der Waals surface area contributed by atoms with Crippen molar-refractivity contribution in [2.75, 3.05) is 0 Å². The number of hydrogen-bond acceptors (Lipinski definition) is 4. The van der Waals surface area contributed by atoms with Crippen LogP contribution in [0.1, 0.15) is 49.6 Å². The Balaban J connectivity index is 2.38. The van der Waals surface area contributed by atoms with Gasteiger partial charge >= 0.3 is 0 Å². The van der Waals surface area contributed by atoms with Gasteiger partial charge in [-0.2, -0.15) is 0 Å². The first-order valence-electron chi connectivity index (χ1n) is 7.70. The minimum atomic E-state index is -3.44. The standard InChI is InChI=1S/C17H18Cl2F2N2O2S/c1-17(2,3)26(24,25)9-11-6-10(4-5-13(11)18)7-14-12(15(20)21)8-22-16(19)23-14/h4-6,8,15H,7,9H2,1-3H3. The number of benzene rings is 1. The lowest BCUT2D eigenvalue weighted by atomic mass is 10.0. The third kappa shape index (κ3) is 4.90. The van der Waals surface area contributed by atoms with Crippen LogP contribution in [0.5, 0.6) is 0 Å². The molecule has 9 heteroatoms. The molecular formula is C17H18Cl2F2N2O2S. The second-order valence-electron chi connectivity index (χ2n) is 6.82. The fourth-order valence-corrected chi connectivity index (χ4v) is 3.68. The molecular weight excluding hydrogens is 405 g/mol. The highest BCUT2D eigenvalue weighted by Gasteiger charge is 2.29. The van der Waals surface area contributed by atoms with Gasteiger partial charge in [0.15, 0.2) is 9.84 Å². The zero-order chi connectivity index (χ0) is 19.7. The van der Waals surface area contributed by atoms with E-state index in [4.69, 9.17) is 23.2 Å². The molecule has 0 saturated carbocycles. The van der Waals surface area contributed by atoms with Crippen molar-refractivity contribution >= 4 is 33.0 Å². The quantitative estimate of drug-likeness (QED) is 0.634. The average molecular weight is 423 g/mol. The zero-order valence-electron chi connectivity index (χ0n) is 14.4. The molecule has 0 N–H and O–H groups in total. The van der Waals surface area contributed by atoms with Crippen molar-refractivity contribution in [3.63, 3.8) is 0 Å². The molecule has 0 bridgehead atoms. The molecule has 1 aromatic heterocycles. The molecule has 0 aliphatic rings. The molecule has 0 aliphatic carbocycles. The monoisotopic (exact) mass is 422 g/mol. The van der Waals surface area contributed by atoms with Crippen molar-refractivity contribution in [1.29, 1.82) is 0 Å². The van der Waals surface area contributed by atoms with Crippen LogP contribution in [0.4, 0.5) is 8.78 Å². The maximum absolute atomic E-state index is 13.1. The van der Waals surface area contributed by atoms with Gasteiger partial charge < -0.3 is 0 Å². The maximum atomic E-state index is 13.1. The summed E-state index contributed by atoms with van der Waals surface area (Å²) in [5, 5.41) is 0.172. The highest BCUT2D eigenvalue weighted by Crippen LogP contribution is 2.28. The third-order valence-electron chi connectivity index (χ3n) is 3.87. The Morgan fingerprint density at radius 1 is 1.19 bits per heavy atom. The van der Waals surface area contributed by atoms with E-state index in [9.17, 15) is 17.2 Å². The van der Waals surface area contributed by atoms with E-state index < -0.39 is 21.0 Å². The highest BCUT2D eigenvalue weighted by molar-refractivity contribution is 7.91. The van der Waals surface area contributed by atoms with Gasteiger partial charge in [-0.1, -0.05) is 23.7 Å². The van der Waals surface area contributed by atoms with Crippen LogP contribution in [0.2, 0.25) is 10.3 Å². The van der Waals surface area contributed by atoms with Gasteiger partial charge in [0.1, 0.15) is 0 Å². The summed E-state index contributed by atoms with van der Waals surface area (Å²) >= 11 is 11.8. The van der Waals surface area contributed by atoms with Gasteiger partial charge in [-0.05, 0) is 49.6 Å². The van der Waals surface area contributed by atoms with Gasteiger partial charge in [0.2, 0.25) is 5.28 Å². The average Bonchev–Trinajstić information content (AvgIpc) is 2.49. The Kier molecular flexibility index (Phi) is 6.25. The molecule has 2 rings (SSSR count). The topological polar surface area (TPSA) is 59.9 Å². The predicted molar refractivity (Wildman–Crippen MR) is 98.6 cm³/mol. The smallest absolute Gasteiger partial charge is 0.228 e. The first-order chi connectivity index (χ1) is 11.9. The van der Waals surface area contributed by atoms with Crippen molar-refractivity contribution in [3.05, 3.63) is 57.1 Å². The molecule has 0 saturated heterocycles. The van der Waals surface area contributed by atoms with E-state index in [-0.39, 0.29) is 28.7 Å². The fourth-order valence-electron chi connectivity index (χ4n) is 2.19. The first kappa shape index (κ1) is 21.0. The van der Waals surface area contributed by atoms with E-state index in [1.54, 1.807) is 39.0 Å². The molecule has 2 aromatic rings. The Morgan fingerprint density at radius 3 is 2.42 bits per heavy atom. The van der Waals surface area contributed by atoms with Crippen molar-refractivity contribution in [2.24, 2.45) is 0 Å². The zero-order valence-corrected chi connectivity index (χ0v) is 16.8. The summed E-state index contributed by atoms with van der Waals surface area (Å²) in [5.74, 6) is -0.241. The summed E-state index contributed by atoms with van der Waals surface area (Å²) < 4.78 is 50.2. The number of nitrogens with zero attached hydrogens (tertiary/aromatic N) is 2. The Bertz CT molecular complexity index is 913. The minimum absolute atomic E-state index is 0.0572. The molecule has 4 nitrogen and oxygen atoms in total. The lowest BCUT2D eigenvalue weighted by molar-refractivity contribution is 0.149. The molecule has 142 valence electrons. The number of sulfone groups is 1. The van der Waals surface area contributed by atoms with Gasteiger partial charge in [-0.15, -0.1) is 0 Å². The van der Waals surface area contributed by atoms with E-state index >= 15 is 0 Å². The van der Waals surface area contributed by atoms with Gasteiger partial charge in [-0.3, -0.25) is 0 Å². The second kappa shape index (κ2) is 7.74. The summed E-state index contributed by atoms with van der Waals surface area (Å²) in [6.45, 7) is 4.83. The molecule has 0 aliphatic heterocycles. The third-order valence-corrected chi connectivity index (χ3v) is 6.97. The van der Waals surface area contributed by atoms with Crippen molar-refractivity contribution in [3.8, 4) is 0 Å². The van der Waals surface area contributed by atoms with E-state index in [0.29, 0.717) is 16.1 Å². The molecule has 1 aromatic carbocycles. The summed E-state index contributed by atoms with van der Waals surface area (Å²) in [4.78, 5) is 7.46. The van der Waals surface area contributed by atoms with Crippen LogP contribution in [-0.4, -0.2) is 23.1 Å². The number of rotatable bonds is 5. The van der Waals surface area contributed by atoms with Gasteiger partial charge in [-0.25, -0.2) is 27.2 Å². The minimum Gasteiger partial charge on any atom is -0.228 e.